The Labute approximate surface area is 166 Å². The van der Waals surface area contributed by atoms with Gasteiger partial charge < -0.3 is 10.2 Å². The molecule has 2 aliphatic heterocycles. The predicted octanol–water partition coefficient (Wildman–Crippen LogP) is 1.75. The molecule has 2 amide bonds. The van der Waals surface area contributed by atoms with Crippen molar-refractivity contribution in [1.29, 1.82) is 0 Å². The number of benzene rings is 1. The molecule has 0 spiro atoms. The van der Waals surface area contributed by atoms with E-state index in [1.54, 1.807) is 24.3 Å². The van der Waals surface area contributed by atoms with Gasteiger partial charge in [-0.15, -0.1) is 0 Å². The zero-order valence-electron chi connectivity index (χ0n) is 16.0. The van der Waals surface area contributed by atoms with Crippen LogP contribution in [0.1, 0.15) is 48.9 Å². The van der Waals surface area contributed by atoms with Crippen LogP contribution < -0.4 is 9.62 Å². The summed E-state index contributed by atoms with van der Waals surface area (Å²) in [7, 11) is -3.27. The summed E-state index contributed by atoms with van der Waals surface area (Å²) in [5.41, 5.74) is 0.981. The second-order valence-corrected chi connectivity index (χ2v) is 10.0. The van der Waals surface area contributed by atoms with Crippen molar-refractivity contribution < 1.29 is 18.0 Å². The van der Waals surface area contributed by atoms with Gasteiger partial charge in [-0.1, -0.05) is 18.9 Å². The summed E-state index contributed by atoms with van der Waals surface area (Å²) in [6.45, 7) is 1.70. The molecule has 0 bridgehead atoms. The van der Waals surface area contributed by atoms with Gasteiger partial charge in [0.1, 0.15) is 0 Å². The summed E-state index contributed by atoms with van der Waals surface area (Å²) in [4.78, 5) is 27.1. The minimum Gasteiger partial charge on any atom is -0.347 e. The molecule has 28 heavy (non-hydrogen) atoms. The van der Waals surface area contributed by atoms with Crippen LogP contribution in [0.3, 0.4) is 0 Å². The summed E-state index contributed by atoms with van der Waals surface area (Å²) in [6.07, 6.45) is 5.59. The van der Waals surface area contributed by atoms with E-state index in [1.165, 1.54) is 4.31 Å². The standard InChI is InChI=1S/C20H27N3O4S/c24-19(16-7-3-8-18(13-16)23-10-4-12-28(23,26)27)21-17-9-11-22(14-17)20(25)15-5-1-2-6-15/h3,7-8,13,15,17H,1-2,4-6,9-12,14H2,(H,21,24)/t17-/m1/s1. The zero-order chi connectivity index (χ0) is 19.7. The van der Waals surface area contributed by atoms with Gasteiger partial charge in [-0.05, 0) is 43.9 Å². The van der Waals surface area contributed by atoms with Crippen molar-refractivity contribution in [3.8, 4) is 0 Å². The fraction of sp³-hybridized carbons (Fsp3) is 0.600. The molecule has 0 unspecified atom stereocenters. The molecule has 8 heteroatoms. The van der Waals surface area contributed by atoms with E-state index < -0.39 is 10.0 Å². The van der Waals surface area contributed by atoms with Crippen molar-refractivity contribution in [2.75, 3.05) is 29.7 Å². The van der Waals surface area contributed by atoms with E-state index in [0.29, 0.717) is 37.3 Å². The summed E-state index contributed by atoms with van der Waals surface area (Å²) in [5.74, 6) is 0.318. The number of amides is 2. The molecule has 1 aromatic rings. The third kappa shape index (κ3) is 3.87. The minimum absolute atomic E-state index is 0.0583. The number of carbonyl (C=O) groups excluding carboxylic acids is 2. The normalized spacial score (nSPS) is 24.6. The second-order valence-electron chi connectivity index (χ2n) is 8.02. The Balaban J connectivity index is 1.38. The van der Waals surface area contributed by atoms with Gasteiger partial charge in [-0.2, -0.15) is 0 Å². The summed E-state index contributed by atoms with van der Waals surface area (Å²) < 4.78 is 25.6. The number of anilines is 1. The third-order valence-electron chi connectivity index (χ3n) is 6.04. The first-order valence-electron chi connectivity index (χ1n) is 10.1. The number of nitrogens with zero attached hydrogens (tertiary/aromatic N) is 2. The van der Waals surface area contributed by atoms with Crippen LogP contribution in [0.4, 0.5) is 5.69 Å². The number of nitrogens with one attached hydrogen (secondary N) is 1. The molecule has 1 saturated carbocycles. The van der Waals surface area contributed by atoms with Crippen molar-refractivity contribution in [2.45, 2.75) is 44.6 Å². The second kappa shape index (κ2) is 7.73. The molecule has 1 N–H and O–H groups in total. The van der Waals surface area contributed by atoms with Gasteiger partial charge in [0.2, 0.25) is 15.9 Å². The lowest BCUT2D eigenvalue weighted by Crippen LogP contribution is -2.39. The number of hydrogen-bond donors (Lipinski definition) is 1. The van der Waals surface area contributed by atoms with E-state index in [4.69, 9.17) is 0 Å². The summed E-state index contributed by atoms with van der Waals surface area (Å²) in [5, 5.41) is 3.01. The maximum Gasteiger partial charge on any atom is 0.251 e. The average Bonchev–Trinajstić information content (AvgIpc) is 3.42. The zero-order valence-corrected chi connectivity index (χ0v) is 16.8. The maximum atomic E-state index is 12.7. The van der Waals surface area contributed by atoms with Crippen molar-refractivity contribution in [1.82, 2.24) is 10.2 Å². The fourth-order valence-corrected chi connectivity index (χ4v) is 6.07. The van der Waals surface area contributed by atoms with Crippen LogP contribution in [0.5, 0.6) is 0 Å². The molecule has 1 atom stereocenters. The topological polar surface area (TPSA) is 86.8 Å². The van der Waals surface area contributed by atoms with Crippen LogP contribution in [0, 0.1) is 5.92 Å². The molecule has 0 radical (unpaired) electrons. The molecule has 2 heterocycles. The Morgan fingerprint density at radius 1 is 1.04 bits per heavy atom. The van der Waals surface area contributed by atoms with Gasteiger partial charge >= 0.3 is 0 Å². The summed E-state index contributed by atoms with van der Waals surface area (Å²) >= 11 is 0. The largest absolute Gasteiger partial charge is 0.347 e. The molecule has 3 fully saturated rings. The molecule has 1 aliphatic carbocycles. The number of hydrogen-bond acceptors (Lipinski definition) is 4. The van der Waals surface area contributed by atoms with Crippen molar-refractivity contribution >= 4 is 27.5 Å². The van der Waals surface area contributed by atoms with Crippen LogP contribution in [-0.4, -0.2) is 56.6 Å². The van der Waals surface area contributed by atoms with Crippen LogP contribution in [0.25, 0.3) is 0 Å². The van der Waals surface area contributed by atoms with E-state index >= 15 is 0 Å². The molecule has 3 aliphatic rings. The first-order chi connectivity index (χ1) is 13.4. The molecule has 4 rings (SSSR count). The first-order valence-corrected chi connectivity index (χ1v) is 11.7. The van der Waals surface area contributed by atoms with Crippen LogP contribution in [-0.2, 0) is 14.8 Å². The molecule has 152 valence electrons. The van der Waals surface area contributed by atoms with Crippen LogP contribution >= 0.6 is 0 Å². The van der Waals surface area contributed by atoms with Gasteiger partial charge in [0, 0.05) is 37.2 Å². The molecule has 2 saturated heterocycles. The highest BCUT2D eigenvalue weighted by atomic mass is 32.2. The SMILES string of the molecule is O=C(N[C@@H]1CCN(C(=O)C2CCCC2)C1)c1cccc(N2CCCS2(=O)=O)c1. The third-order valence-corrected chi connectivity index (χ3v) is 7.90. The van der Waals surface area contributed by atoms with Gasteiger partial charge in [-0.25, -0.2) is 8.42 Å². The van der Waals surface area contributed by atoms with E-state index in [0.717, 1.165) is 32.1 Å². The lowest BCUT2D eigenvalue weighted by atomic mass is 10.1. The first kappa shape index (κ1) is 19.2. The fourth-order valence-electron chi connectivity index (χ4n) is 4.51. The number of rotatable bonds is 4. The highest BCUT2D eigenvalue weighted by molar-refractivity contribution is 7.93. The number of likely N-dealkylation sites (tertiary alicyclic amines) is 1. The van der Waals surface area contributed by atoms with Gasteiger partial charge in [-0.3, -0.25) is 13.9 Å². The quantitative estimate of drug-likeness (QED) is 0.827. The highest BCUT2D eigenvalue weighted by Gasteiger charge is 2.33. The van der Waals surface area contributed by atoms with Gasteiger partial charge in [0.15, 0.2) is 0 Å². The Hall–Kier alpha value is -2.09. The smallest absolute Gasteiger partial charge is 0.251 e. The van der Waals surface area contributed by atoms with Crippen LogP contribution in [0.15, 0.2) is 24.3 Å². The lowest BCUT2D eigenvalue weighted by Gasteiger charge is -2.21. The lowest BCUT2D eigenvalue weighted by molar-refractivity contribution is -0.134. The molecule has 1 aromatic carbocycles. The minimum atomic E-state index is -3.27. The average molecular weight is 406 g/mol. The molecular weight excluding hydrogens is 378 g/mol. The predicted molar refractivity (Wildman–Crippen MR) is 107 cm³/mol. The number of carbonyl (C=O) groups is 2. The Bertz CT molecular complexity index is 864. The highest BCUT2D eigenvalue weighted by Crippen LogP contribution is 2.28. The van der Waals surface area contributed by atoms with Gasteiger partial charge in [0.25, 0.3) is 5.91 Å². The summed E-state index contributed by atoms with van der Waals surface area (Å²) in [6, 6.07) is 6.70. The Morgan fingerprint density at radius 3 is 2.54 bits per heavy atom. The van der Waals surface area contributed by atoms with Crippen molar-refractivity contribution in [3.63, 3.8) is 0 Å². The molecule has 7 nitrogen and oxygen atoms in total. The van der Waals surface area contributed by atoms with Crippen LogP contribution in [0.2, 0.25) is 0 Å². The van der Waals surface area contributed by atoms with E-state index in [2.05, 4.69) is 5.32 Å². The van der Waals surface area contributed by atoms with E-state index in [-0.39, 0.29) is 29.5 Å². The number of sulfonamides is 1. The van der Waals surface area contributed by atoms with Crippen molar-refractivity contribution in [3.05, 3.63) is 29.8 Å². The maximum absolute atomic E-state index is 12.7. The van der Waals surface area contributed by atoms with Gasteiger partial charge in [0.05, 0.1) is 11.4 Å². The van der Waals surface area contributed by atoms with E-state index in [1.807, 2.05) is 4.90 Å². The van der Waals surface area contributed by atoms with E-state index in [9.17, 15) is 18.0 Å². The van der Waals surface area contributed by atoms with Crippen molar-refractivity contribution in [2.24, 2.45) is 5.92 Å². The molecule has 0 aromatic heterocycles. The Kier molecular flexibility index (Phi) is 5.31. The molecular formula is C20H27N3O4S. The monoisotopic (exact) mass is 405 g/mol. The Morgan fingerprint density at radius 2 is 1.82 bits per heavy atom.